The second-order valence-corrected chi connectivity index (χ2v) is 29.0. The summed E-state index contributed by atoms with van der Waals surface area (Å²) in [6, 6.07) is 0. The van der Waals surface area contributed by atoms with Crippen molar-refractivity contribution in [3.8, 4) is 0 Å². The SMILES string of the molecule is CC(C)CCCCCCCCCCCCCCCC(=O)OC[C@H](COP(=O)(O)OCC(O)COP(=O)(O)OC[C@@H](COC(=O)CCCCCCCCCC(C)C)OC(=O)CCCCCCCCCC(C)C)OC(=O)CCCCCCCCCC(C)C. The normalized spacial score (nSPS) is 14.4. The molecule has 0 aromatic carbocycles. The molecule has 0 amide bonds. The third-order valence-electron chi connectivity index (χ3n) is 15.3. The molecule has 17 nitrogen and oxygen atoms in total. The highest BCUT2D eigenvalue weighted by Crippen LogP contribution is 2.45. The van der Waals surface area contributed by atoms with Crippen molar-refractivity contribution >= 4 is 39.5 Å². The van der Waals surface area contributed by atoms with Crippen molar-refractivity contribution in [3.63, 3.8) is 0 Å². The molecule has 0 heterocycles. The Labute approximate surface area is 524 Å². The fourth-order valence-corrected chi connectivity index (χ4v) is 11.5. The number of carbonyl (C=O) groups excluding carboxylic acids is 4. The van der Waals surface area contributed by atoms with Crippen LogP contribution in [0.15, 0.2) is 0 Å². The number of phosphoric acid groups is 2. The number of hydrogen-bond acceptors (Lipinski definition) is 15. The molecular formula is C67H130O17P2. The predicted molar refractivity (Wildman–Crippen MR) is 344 cm³/mol. The molecule has 0 aromatic heterocycles. The first-order valence-corrected chi connectivity index (χ1v) is 37.7. The summed E-state index contributed by atoms with van der Waals surface area (Å²) in [5.41, 5.74) is 0. The molecule has 0 aromatic rings. The van der Waals surface area contributed by atoms with E-state index >= 15 is 0 Å². The zero-order valence-electron chi connectivity index (χ0n) is 55.9. The van der Waals surface area contributed by atoms with E-state index in [0.717, 1.165) is 102 Å². The molecular weight excluding hydrogens is 1140 g/mol. The minimum absolute atomic E-state index is 0.102. The van der Waals surface area contributed by atoms with E-state index in [0.29, 0.717) is 43.4 Å². The highest BCUT2D eigenvalue weighted by atomic mass is 31.2. The molecule has 0 saturated carbocycles. The number of carbonyl (C=O) groups is 4. The predicted octanol–water partition coefficient (Wildman–Crippen LogP) is 18.5. The molecule has 0 bridgehead atoms. The fraction of sp³-hybridized carbons (Fsp3) is 0.940. The summed E-state index contributed by atoms with van der Waals surface area (Å²) in [6.07, 6.45) is 37.9. The lowest BCUT2D eigenvalue weighted by atomic mass is 10.0. The van der Waals surface area contributed by atoms with Crippen LogP contribution in [0, 0.1) is 23.7 Å². The zero-order valence-corrected chi connectivity index (χ0v) is 57.7. The van der Waals surface area contributed by atoms with Crippen LogP contribution in [0.5, 0.6) is 0 Å². The first-order chi connectivity index (χ1) is 41.1. The quantitative estimate of drug-likeness (QED) is 0.0222. The highest BCUT2D eigenvalue weighted by molar-refractivity contribution is 7.47. The maximum Gasteiger partial charge on any atom is 0.472 e. The molecule has 510 valence electrons. The molecule has 0 radical (unpaired) electrons. The summed E-state index contributed by atoms with van der Waals surface area (Å²) in [4.78, 5) is 72.3. The molecule has 0 aliphatic rings. The molecule has 3 unspecified atom stereocenters. The minimum Gasteiger partial charge on any atom is -0.462 e. The van der Waals surface area contributed by atoms with Crippen LogP contribution in [-0.4, -0.2) is 96.7 Å². The second-order valence-electron chi connectivity index (χ2n) is 26.1. The van der Waals surface area contributed by atoms with Crippen molar-refractivity contribution in [2.75, 3.05) is 39.6 Å². The Balaban J connectivity index is 5.21. The molecule has 5 atom stereocenters. The van der Waals surface area contributed by atoms with Crippen LogP contribution in [-0.2, 0) is 65.4 Å². The number of hydrogen-bond donors (Lipinski definition) is 3. The van der Waals surface area contributed by atoms with Gasteiger partial charge in [-0.2, -0.15) is 0 Å². The number of rotatable bonds is 64. The standard InChI is InChI=1S/C67H130O17P2/c1-57(2)43-35-27-19-14-12-10-9-11-13-15-23-31-39-47-64(69)77-53-62(83-66(71)49-41-33-25-17-21-29-37-45-59(5)6)55-81-85(73,74)79-51-61(68)52-80-86(75,76)82-56-63(84-67(72)50-42-34-26-18-22-30-38-46-60(7)8)54-78-65(70)48-40-32-24-16-20-28-36-44-58(3)4/h57-63,68H,9-56H2,1-8H3,(H,73,74)(H,75,76)/t61?,62-,63-/m1/s1. The van der Waals surface area contributed by atoms with Gasteiger partial charge in [0.05, 0.1) is 26.4 Å². The fourth-order valence-electron chi connectivity index (χ4n) is 9.96. The molecule has 0 fully saturated rings. The maximum atomic E-state index is 13.0. The largest absolute Gasteiger partial charge is 0.472 e. The average molecular weight is 1270 g/mol. The number of unbranched alkanes of at least 4 members (excludes halogenated alkanes) is 30. The third-order valence-corrected chi connectivity index (χ3v) is 17.2. The van der Waals surface area contributed by atoms with Crippen LogP contribution >= 0.6 is 15.6 Å². The van der Waals surface area contributed by atoms with Gasteiger partial charge in [0.15, 0.2) is 12.2 Å². The summed E-state index contributed by atoms with van der Waals surface area (Å²) in [5.74, 6) is 0.749. The summed E-state index contributed by atoms with van der Waals surface area (Å²) < 4.78 is 68.1. The van der Waals surface area contributed by atoms with E-state index in [2.05, 4.69) is 55.4 Å². The van der Waals surface area contributed by atoms with Gasteiger partial charge in [0, 0.05) is 25.7 Å². The van der Waals surface area contributed by atoms with Gasteiger partial charge in [-0.15, -0.1) is 0 Å². The van der Waals surface area contributed by atoms with E-state index < -0.39 is 97.5 Å². The van der Waals surface area contributed by atoms with Crippen molar-refractivity contribution in [3.05, 3.63) is 0 Å². The Hall–Kier alpha value is -1.94. The van der Waals surface area contributed by atoms with E-state index in [1.807, 2.05) is 0 Å². The molecule has 0 aliphatic heterocycles. The Morgan fingerprint density at radius 2 is 0.488 bits per heavy atom. The number of ether oxygens (including phenoxy) is 4. The Bertz CT molecular complexity index is 1710. The molecule has 19 heteroatoms. The average Bonchev–Trinajstić information content (AvgIpc) is 3.67. The van der Waals surface area contributed by atoms with Crippen LogP contribution in [0.4, 0.5) is 0 Å². The number of phosphoric ester groups is 2. The monoisotopic (exact) mass is 1270 g/mol. The zero-order chi connectivity index (χ0) is 63.9. The Morgan fingerprint density at radius 3 is 0.721 bits per heavy atom. The van der Waals surface area contributed by atoms with Gasteiger partial charge < -0.3 is 33.8 Å². The summed E-state index contributed by atoms with van der Waals surface area (Å²) in [6.45, 7) is 14.0. The van der Waals surface area contributed by atoms with Crippen LogP contribution in [0.25, 0.3) is 0 Å². The van der Waals surface area contributed by atoms with E-state index in [9.17, 15) is 43.2 Å². The molecule has 86 heavy (non-hydrogen) atoms. The highest BCUT2D eigenvalue weighted by Gasteiger charge is 2.30. The maximum absolute atomic E-state index is 13.0. The lowest BCUT2D eigenvalue weighted by Crippen LogP contribution is -2.30. The molecule has 0 aliphatic carbocycles. The minimum atomic E-state index is -4.95. The third kappa shape index (κ3) is 60.9. The van der Waals surface area contributed by atoms with Gasteiger partial charge in [0.25, 0.3) is 0 Å². The van der Waals surface area contributed by atoms with Gasteiger partial charge in [-0.3, -0.25) is 37.3 Å². The number of aliphatic hydroxyl groups excluding tert-OH is 1. The van der Waals surface area contributed by atoms with Gasteiger partial charge in [-0.1, -0.05) is 274 Å². The van der Waals surface area contributed by atoms with Crippen LogP contribution in [0.1, 0.15) is 325 Å². The van der Waals surface area contributed by atoms with Crippen LogP contribution < -0.4 is 0 Å². The lowest BCUT2D eigenvalue weighted by Gasteiger charge is -2.21. The Kier molecular flexibility index (Phi) is 55.7. The second kappa shape index (κ2) is 57.0. The first-order valence-electron chi connectivity index (χ1n) is 34.7. The van der Waals surface area contributed by atoms with Gasteiger partial charge >= 0.3 is 39.5 Å². The van der Waals surface area contributed by atoms with Crippen molar-refractivity contribution in [2.45, 2.75) is 343 Å². The van der Waals surface area contributed by atoms with Crippen molar-refractivity contribution in [1.29, 1.82) is 0 Å². The Morgan fingerprint density at radius 1 is 0.291 bits per heavy atom. The molecule has 0 spiro atoms. The lowest BCUT2D eigenvalue weighted by molar-refractivity contribution is -0.161. The first kappa shape index (κ1) is 84.1. The van der Waals surface area contributed by atoms with E-state index in [-0.39, 0.29) is 25.7 Å². The van der Waals surface area contributed by atoms with Crippen LogP contribution in [0.3, 0.4) is 0 Å². The summed E-state index contributed by atoms with van der Waals surface area (Å²) in [5, 5.41) is 10.5. The number of esters is 4. The van der Waals surface area contributed by atoms with Crippen molar-refractivity contribution < 1.29 is 80.2 Å². The topological polar surface area (TPSA) is 237 Å². The summed E-state index contributed by atoms with van der Waals surface area (Å²) >= 11 is 0. The van der Waals surface area contributed by atoms with Gasteiger partial charge in [0.1, 0.15) is 19.3 Å². The molecule has 3 N–H and O–H groups in total. The van der Waals surface area contributed by atoms with Crippen LogP contribution in [0.2, 0.25) is 0 Å². The summed E-state index contributed by atoms with van der Waals surface area (Å²) in [7, 11) is -9.89. The van der Waals surface area contributed by atoms with E-state index in [4.69, 9.17) is 37.0 Å². The van der Waals surface area contributed by atoms with E-state index in [1.165, 1.54) is 122 Å². The van der Waals surface area contributed by atoms with E-state index in [1.54, 1.807) is 0 Å². The number of aliphatic hydroxyl groups is 1. The van der Waals surface area contributed by atoms with Gasteiger partial charge in [-0.25, -0.2) is 9.13 Å². The van der Waals surface area contributed by atoms with Crippen molar-refractivity contribution in [2.24, 2.45) is 23.7 Å². The smallest absolute Gasteiger partial charge is 0.462 e. The molecule has 0 saturated heterocycles. The van der Waals surface area contributed by atoms with Crippen molar-refractivity contribution in [1.82, 2.24) is 0 Å². The van der Waals surface area contributed by atoms with Gasteiger partial charge in [0.2, 0.25) is 0 Å². The van der Waals surface area contributed by atoms with Gasteiger partial charge in [-0.05, 0) is 49.4 Å². The molecule has 0 rings (SSSR count).